The van der Waals surface area contributed by atoms with Crippen molar-refractivity contribution in [3.8, 4) is 0 Å². The van der Waals surface area contributed by atoms with Crippen molar-refractivity contribution >= 4 is 22.8 Å². The zero-order chi connectivity index (χ0) is 19.1. The number of allylic oxidation sites excluding steroid dienone is 1. The van der Waals surface area contributed by atoms with Crippen molar-refractivity contribution in [1.29, 1.82) is 0 Å². The van der Waals surface area contributed by atoms with Gasteiger partial charge in [0.05, 0.1) is 22.3 Å². The first-order valence-electron chi connectivity index (χ1n) is 9.09. The fraction of sp³-hybridized carbons (Fsp3) is 0.286. The minimum Gasteiger partial charge on any atom is -0.372 e. The third kappa shape index (κ3) is 3.07. The van der Waals surface area contributed by atoms with Crippen LogP contribution in [-0.2, 0) is 4.79 Å². The standard InChI is InChI=1S/C21H21N3O3/c1-12-10-17-18(11-13(12)2)23-21(14-6-8-15(9-7-14)24(26)27)20-16(22-17)4-3-5-19(20)25/h6-11,21-23H,3-5H2,1-2H3/t21-/m1/s1. The number of anilines is 2. The highest BCUT2D eigenvalue weighted by atomic mass is 16.6. The third-order valence-corrected chi connectivity index (χ3v) is 5.40. The van der Waals surface area contributed by atoms with Crippen molar-refractivity contribution in [3.05, 3.63) is 74.5 Å². The Morgan fingerprint density at radius 2 is 1.70 bits per heavy atom. The highest BCUT2D eigenvalue weighted by Gasteiger charge is 2.32. The summed E-state index contributed by atoms with van der Waals surface area (Å²) in [5, 5.41) is 18.0. The summed E-state index contributed by atoms with van der Waals surface area (Å²) in [5.41, 5.74) is 6.81. The van der Waals surface area contributed by atoms with Crippen LogP contribution in [0.1, 0.15) is 42.0 Å². The first-order valence-corrected chi connectivity index (χ1v) is 9.09. The number of nitrogens with zero attached hydrogens (tertiary/aromatic N) is 1. The molecule has 2 aromatic carbocycles. The number of hydrogen-bond donors (Lipinski definition) is 2. The molecule has 0 bridgehead atoms. The van der Waals surface area contributed by atoms with Crippen LogP contribution in [0.4, 0.5) is 17.1 Å². The number of nitro groups is 1. The van der Waals surface area contributed by atoms with Crippen LogP contribution in [0.25, 0.3) is 0 Å². The van der Waals surface area contributed by atoms with Crippen LogP contribution in [-0.4, -0.2) is 10.7 Å². The van der Waals surface area contributed by atoms with E-state index in [1.807, 2.05) is 0 Å². The lowest BCUT2D eigenvalue weighted by molar-refractivity contribution is -0.384. The van der Waals surface area contributed by atoms with E-state index in [2.05, 4.69) is 36.6 Å². The predicted octanol–water partition coefficient (Wildman–Crippen LogP) is 4.80. The second kappa shape index (κ2) is 6.54. The quantitative estimate of drug-likeness (QED) is 0.591. The maximum absolute atomic E-state index is 12.8. The molecule has 6 nitrogen and oxygen atoms in total. The normalized spacial score (nSPS) is 18.7. The van der Waals surface area contributed by atoms with E-state index in [0.717, 1.165) is 46.6 Å². The van der Waals surface area contributed by atoms with E-state index in [1.54, 1.807) is 12.1 Å². The van der Waals surface area contributed by atoms with E-state index in [0.29, 0.717) is 6.42 Å². The van der Waals surface area contributed by atoms with Gasteiger partial charge < -0.3 is 10.6 Å². The molecular formula is C21H21N3O3. The zero-order valence-corrected chi connectivity index (χ0v) is 15.3. The van der Waals surface area contributed by atoms with Gasteiger partial charge in [0.15, 0.2) is 5.78 Å². The second-order valence-electron chi connectivity index (χ2n) is 7.20. The smallest absolute Gasteiger partial charge is 0.269 e. The maximum atomic E-state index is 12.8. The molecule has 6 heteroatoms. The van der Waals surface area contributed by atoms with Crippen molar-refractivity contribution in [2.45, 2.75) is 39.2 Å². The van der Waals surface area contributed by atoms with Crippen molar-refractivity contribution < 1.29 is 9.72 Å². The number of benzene rings is 2. The summed E-state index contributed by atoms with van der Waals surface area (Å²) >= 11 is 0. The summed E-state index contributed by atoms with van der Waals surface area (Å²) in [7, 11) is 0. The third-order valence-electron chi connectivity index (χ3n) is 5.40. The number of Topliss-reactive ketones (excluding diaryl/α,β-unsaturated/α-hetero) is 1. The second-order valence-corrected chi connectivity index (χ2v) is 7.20. The Hall–Kier alpha value is -3.15. The summed E-state index contributed by atoms with van der Waals surface area (Å²) in [6, 6.07) is 10.3. The van der Waals surface area contributed by atoms with Crippen molar-refractivity contribution in [3.63, 3.8) is 0 Å². The number of rotatable bonds is 2. The van der Waals surface area contributed by atoms with E-state index in [9.17, 15) is 14.9 Å². The molecule has 0 aromatic heterocycles. The maximum Gasteiger partial charge on any atom is 0.269 e. The van der Waals surface area contributed by atoms with Crippen LogP contribution in [0.5, 0.6) is 0 Å². The summed E-state index contributed by atoms with van der Waals surface area (Å²) in [6.45, 7) is 4.12. The minimum absolute atomic E-state index is 0.0431. The summed E-state index contributed by atoms with van der Waals surface area (Å²) in [6.07, 6.45) is 2.18. The Morgan fingerprint density at radius 3 is 2.37 bits per heavy atom. The number of nitrogens with one attached hydrogen (secondary N) is 2. The van der Waals surface area contributed by atoms with Crippen LogP contribution in [0, 0.1) is 24.0 Å². The summed E-state index contributed by atoms with van der Waals surface area (Å²) in [5.74, 6) is 0.126. The van der Waals surface area contributed by atoms with E-state index in [4.69, 9.17) is 0 Å². The molecule has 27 heavy (non-hydrogen) atoms. The van der Waals surface area contributed by atoms with Gasteiger partial charge in [-0.3, -0.25) is 14.9 Å². The molecule has 0 fully saturated rings. The van der Waals surface area contributed by atoms with Crippen molar-refractivity contribution in [1.82, 2.24) is 0 Å². The molecule has 1 heterocycles. The van der Waals surface area contributed by atoms with Gasteiger partial charge in [0.1, 0.15) is 0 Å². The number of non-ortho nitro benzene ring substituents is 1. The molecule has 1 aliphatic carbocycles. The Balaban J connectivity index is 1.84. The predicted molar refractivity (Wildman–Crippen MR) is 105 cm³/mol. The molecule has 2 aliphatic rings. The lowest BCUT2D eigenvalue weighted by atomic mass is 9.86. The molecule has 0 spiro atoms. The molecule has 138 valence electrons. The molecule has 0 unspecified atom stereocenters. The van der Waals surface area contributed by atoms with E-state index in [1.165, 1.54) is 17.7 Å². The Labute approximate surface area is 157 Å². The first-order chi connectivity index (χ1) is 12.9. The molecule has 1 aliphatic heterocycles. The van der Waals surface area contributed by atoms with Gasteiger partial charge in [-0.25, -0.2) is 0 Å². The van der Waals surface area contributed by atoms with E-state index >= 15 is 0 Å². The fourth-order valence-electron chi connectivity index (χ4n) is 3.80. The average molecular weight is 363 g/mol. The molecule has 0 saturated heterocycles. The van der Waals surface area contributed by atoms with Gasteiger partial charge >= 0.3 is 0 Å². The number of nitro benzene ring substituents is 1. The van der Waals surface area contributed by atoms with Gasteiger partial charge in [-0.15, -0.1) is 0 Å². The monoisotopic (exact) mass is 363 g/mol. The fourth-order valence-corrected chi connectivity index (χ4v) is 3.80. The number of aryl methyl sites for hydroxylation is 2. The number of fused-ring (bicyclic) bond motifs is 1. The van der Waals surface area contributed by atoms with Gasteiger partial charge in [-0.05, 0) is 67.6 Å². The highest BCUT2D eigenvalue weighted by molar-refractivity contribution is 6.00. The topological polar surface area (TPSA) is 84.3 Å². The summed E-state index contributed by atoms with van der Waals surface area (Å²) in [4.78, 5) is 23.3. The van der Waals surface area contributed by atoms with Crippen LogP contribution < -0.4 is 10.6 Å². The number of carbonyl (C=O) groups excluding carboxylic acids is 1. The van der Waals surface area contributed by atoms with Gasteiger partial charge in [0.25, 0.3) is 5.69 Å². The van der Waals surface area contributed by atoms with Gasteiger partial charge in [0.2, 0.25) is 0 Å². The summed E-state index contributed by atoms with van der Waals surface area (Å²) < 4.78 is 0. The Bertz CT molecular complexity index is 977. The van der Waals surface area contributed by atoms with Gasteiger partial charge in [-0.1, -0.05) is 0 Å². The average Bonchev–Trinajstić information content (AvgIpc) is 2.80. The molecule has 0 saturated carbocycles. The molecule has 2 N–H and O–H groups in total. The van der Waals surface area contributed by atoms with Crippen molar-refractivity contribution in [2.75, 3.05) is 10.6 Å². The molecule has 2 aromatic rings. The largest absolute Gasteiger partial charge is 0.372 e. The molecule has 1 atom stereocenters. The van der Waals surface area contributed by atoms with E-state index < -0.39 is 4.92 Å². The van der Waals surface area contributed by atoms with E-state index in [-0.39, 0.29) is 17.5 Å². The van der Waals surface area contributed by atoms with Crippen LogP contribution in [0.2, 0.25) is 0 Å². The molecule has 4 rings (SSSR count). The van der Waals surface area contributed by atoms with Crippen LogP contribution >= 0.6 is 0 Å². The number of hydrogen-bond acceptors (Lipinski definition) is 5. The molecule has 0 radical (unpaired) electrons. The number of ketones is 1. The lowest BCUT2D eigenvalue weighted by Gasteiger charge is -2.25. The Morgan fingerprint density at radius 1 is 1.04 bits per heavy atom. The van der Waals surface area contributed by atoms with Crippen molar-refractivity contribution in [2.24, 2.45) is 0 Å². The molecule has 0 amide bonds. The SMILES string of the molecule is Cc1cc2c(cc1C)N[C@H](c1ccc([N+](=O)[O-])cc1)C1=C(CCCC1=O)N2. The van der Waals surface area contributed by atoms with Gasteiger partial charge in [0, 0.05) is 29.8 Å². The lowest BCUT2D eigenvalue weighted by Crippen LogP contribution is -2.23. The Kier molecular flexibility index (Phi) is 4.18. The highest BCUT2D eigenvalue weighted by Crippen LogP contribution is 2.41. The number of carbonyl (C=O) groups is 1. The first kappa shape index (κ1) is 17.3. The minimum atomic E-state index is -0.413. The van der Waals surface area contributed by atoms with Crippen LogP contribution in [0.15, 0.2) is 47.7 Å². The van der Waals surface area contributed by atoms with Gasteiger partial charge in [-0.2, -0.15) is 0 Å². The molecular weight excluding hydrogens is 342 g/mol. The zero-order valence-electron chi connectivity index (χ0n) is 15.3. The van der Waals surface area contributed by atoms with Crippen LogP contribution in [0.3, 0.4) is 0 Å².